The molecule has 2 atom stereocenters. The quantitative estimate of drug-likeness (QED) is 0.560. The molecule has 2 aromatic rings. The van der Waals surface area contributed by atoms with E-state index in [1.54, 1.807) is 30.3 Å². The molecule has 1 aliphatic rings. The van der Waals surface area contributed by atoms with Crippen molar-refractivity contribution in [3.8, 4) is 0 Å². The van der Waals surface area contributed by atoms with Crippen LogP contribution in [0.3, 0.4) is 0 Å². The first-order chi connectivity index (χ1) is 15.1. The highest BCUT2D eigenvalue weighted by Crippen LogP contribution is 2.25. The number of aliphatic hydroxyl groups is 1. The minimum atomic E-state index is -4.19. The number of nitrogens with two attached hydrogens (primary N) is 1. The highest BCUT2D eigenvalue weighted by atomic mass is 32.2. The Bertz CT molecular complexity index is 1130. The summed E-state index contributed by atoms with van der Waals surface area (Å²) in [6.45, 7) is 0.860. The normalized spacial score (nSPS) is 16.8. The third kappa shape index (κ3) is 5.37. The summed E-state index contributed by atoms with van der Waals surface area (Å²) in [6, 6.07) is 8.81. The van der Waals surface area contributed by atoms with E-state index < -0.39 is 35.0 Å². The molecule has 0 aliphatic carbocycles. The highest BCUT2D eigenvalue weighted by Gasteiger charge is 2.33. The van der Waals surface area contributed by atoms with Crippen LogP contribution in [0.2, 0.25) is 0 Å². The van der Waals surface area contributed by atoms with Crippen molar-refractivity contribution in [2.75, 3.05) is 13.1 Å². The zero-order valence-electron chi connectivity index (χ0n) is 17.2. The Kier molecular flexibility index (Phi) is 7.04. The number of rotatable bonds is 8. The lowest BCUT2D eigenvalue weighted by molar-refractivity contribution is -0.133. The van der Waals surface area contributed by atoms with Gasteiger partial charge in [0.2, 0.25) is 5.91 Å². The molecule has 0 saturated carbocycles. The van der Waals surface area contributed by atoms with Crippen LogP contribution < -0.4 is 5.73 Å². The largest absolute Gasteiger partial charge is 0.400 e. The smallest absolute Gasteiger partial charge is 0.285 e. The molecule has 0 unspecified atom stereocenters. The van der Waals surface area contributed by atoms with Crippen LogP contribution in [0.4, 0.5) is 8.78 Å². The van der Waals surface area contributed by atoms with Gasteiger partial charge < -0.3 is 15.7 Å². The van der Waals surface area contributed by atoms with Gasteiger partial charge in [-0.05, 0) is 12.5 Å². The van der Waals surface area contributed by atoms with E-state index in [9.17, 15) is 27.1 Å². The number of nitrogens with zero attached hydrogens (tertiary/aromatic N) is 4. The number of hydrogen-bond donors (Lipinski definition) is 2. The van der Waals surface area contributed by atoms with E-state index in [1.807, 2.05) is 0 Å². The summed E-state index contributed by atoms with van der Waals surface area (Å²) in [5.74, 6) is -1.15. The predicted molar refractivity (Wildman–Crippen MR) is 113 cm³/mol. The zero-order valence-corrected chi connectivity index (χ0v) is 18.0. The second kappa shape index (κ2) is 9.57. The van der Waals surface area contributed by atoms with Gasteiger partial charge in [-0.3, -0.25) is 9.48 Å². The van der Waals surface area contributed by atoms with E-state index in [0.29, 0.717) is 11.1 Å². The molecule has 0 spiro atoms. The van der Waals surface area contributed by atoms with E-state index in [-0.39, 0.29) is 29.6 Å². The van der Waals surface area contributed by atoms with Crippen molar-refractivity contribution in [1.29, 1.82) is 0 Å². The number of carbonyl (C=O) groups excluding carboxylic acids is 1. The Balaban J connectivity index is 1.72. The summed E-state index contributed by atoms with van der Waals surface area (Å²) < 4.78 is 54.0. The average molecular weight is 467 g/mol. The topological polar surface area (TPSA) is 131 Å². The summed E-state index contributed by atoms with van der Waals surface area (Å²) in [7, 11) is -4.19. The van der Waals surface area contributed by atoms with Crippen LogP contribution >= 0.6 is 0 Å². The molecule has 1 aromatic heterocycles. The maximum absolute atomic E-state index is 13.0. The fraction of sp³-hybridized carbons (Fsp3) is 0.350. The van der Waals surface area contributed by atoms with Crippen LogP contribution in [0, 0.1) is 0 Å². The number of sulfonamides is 1. The van der Waals surface area contributed by atoms with Crippen LogP contribution in [-0.4, -0.2) is 65.9 Å². The fourth-order valence-corrected chi connectivity index (χ4v) is 4.17. The number of alkyl halides is 2. The number of aromatic nitrogens is 2. The monoisotopic (exact) mass is 467 g/mol. The van der Waals surface area contributed by atoms with Crippen molar-refractivity contribution in [2.24, 2.45) is 10.1 Å². The zero-order chi connectivity index (χ0) is 23.5. The minimum Gasteiger partial charge on any atom is -0.400 e. The van der Waals surface area contributed by atoms with Crippen LogP contribution in [0.25, 0.3) is 0 Å². The number of amides is 1. The second-order valence-electron chi connectivity index (χ2n) is 7.37. The van der Waals surface area contributed by atoms with Crippen molar-refractivity contribution in [3.05, 3.63) is 59.6 Å². The third-order valence-electron chi connectivity index (χ3n) is 4.93. The Morgan fingerprint density at radius 2 is 2.00 bits per heavy atom. The van der Waals surface area contributed by atoms with Gasteiger partial charge in [0.15, 0.2) is 0 Å². The molecule has 0 fully saturated rings. The maximum atomic E-state index is 13.0. The lowest BCUT2D eigenvalue weighted by atomic mass is 9.93. The summed E-state index contributed by atoms with van der Waals surface area (Å²) in [5.41, 5.74) is 7.24. The van der Waals surface area contributed by atoms with Gasteiger partial charge in [0.1, 0.15) is 11.4 Å². The molecule has 0 radical (unpaired) electrons. The molecule has 2 heterocycles. The third-order valence-corrected chi connectivity index (χ3v) is 6.12. The molecular weight excluding hydrogens is 444 g/mol. The summed E-state index contributed by atoms with van der Waals surface area (Å²) >= 11 is 0. The van der Waals surface area contributed by atoms with Gasteiger partial charge in [-0.1, -0.05) is 30.3 Å². The first-order valence-corrected chi connectivity index (χ1v) is 11.1. The van der Waals surface area contributed by atoms with Crippen molar-refractivity contribution in [3.63, 3.8) is 0 Å². The predicted octanol–water partition coefficient (Wildman–Crippen LogP) is 1.13. The lowest BCUT2D eigenvalue weighted by Gasteiger charge is -2.25. The number of halogens is 2. The van der Waals surface area contributed by atoms with Gasteiger partial charge in [-0.15, -0.1) is 0 Å². The van der Waals surface area contributed by atoms with Crippen molar-refractivity contribution >= 4 is 22.1 Å². The molecule has 0 bridgehead atoms. The molecule has 3 rings (SSSR count). The number of carbonyl (C=O) groups is 1. The molecule has 0 saturated heterocycles. The van der Waals surface area contributed by atoms with E-state index in [4.69, 9.17) is 5.73 Å². The van der Waals surface area contributed by atoms with Gasteiger partial charge >= 0.3 is 0 Å². The molecule has 32 heavy (non-hydrogen) atoms. The summed E-state index contributed by atoms with van der Waals surface area (Å²) in [5, 5.41) is 13.8. The van der Waals surface area contributed by atoms with Crippen LogP contribution in [0.5, 0.6) is 0 Å². The highest BCUT2D eigenvalue weighted by molar-refractivity contribution is 7.90. The lowest BCUT2D eigenvalue weighted by Crippen LogP contribution is -2.38. The summed E-state index contributed by atoms with van der Waals surface area (Å²) in [6.07, 6.45) is -0.683. The second-order valence-corrected chi connectivity index (χ2v) is 9.00. The standard InChI is InChI=1S/C20H23F2N5O4S/c1-13(28)19(14-5-3-2-4-6-14)20(29)26-9-15(17(23)11-26)7-25-32(30,31)16-8-24-27(10-16)12-18(21)22/h2-8,10,13,18-19,28H,9,11-12,23H2,1H3/t13-,19+/m0/s1. The van der Waals surface area contributed by atoms with E-state index >= 15 is 0 Å². The van der Waals surface area contributed by atoms with Gasteiger partial charge in [0.05, 0.1) is 24.8 Å². The van der Waals surface area contributed by atoms with E-state index in [0.717, 1.165) is 23.3 Å². The molecule has 3 N–H and O–H groups in total. The van der Waals surface area contributed by atoms with Crippen molar-refractivity contribution in [1.82, 2.24) is 14.7 Å². The van der Waals surface area contributed by atoms with Gasteiger partial charge in [0, 0.05) is 30.2 Å². The van der Waals surface area contributed by atoms with Crippen molar-refractivity contribution < 1.29 is 27.1 Å². The summed E-state index contributed by atoms with van der Waals surface area (Å²) in [4.78, 5) is 14.1. The Morgan fingerprint density at radius 3 is 2.62 bits per heavy atom. The molecular formula is C20H23F2N5O4S. The fourth-order valence-electron chi connectivity index (χ4n) is 3.35. The van der Waals surface area contributed by atoms with Crippen molar-refractivity contribution in [2.45, 2.75) is 36.8 Å². The number of benzene rings is 1. The molecule has 12 heteroatoms. The Hall–Kier alpha value is -3.12. The SMILES string of the molecule is C[C@H](O)[C@@H](C(=O)N1CC(N)=C(C=NS(=O)(=O)c2cnn(CC(F)F)c2)C1)c1ccccc1. The van der Waals surface area contributed by atoms with Gasteiger partial charge in [-0.2, -0.15) is 17.9 Å². The first-order valence-electron chi connectivity index (χ1n) is 9.68. The maximum Gasteiger partial charge on any atom is 0.285 e. The van der Waals surface area contributed by atoms with E-state index in [2.05, 4.69) is 9.50 Å². The minimum absolute atomic E-state index is 0.0182. The first kappa shape index (κ1) is 23.5. The van der Waals surface area contributed by atoms with Crippen LogP contribution in [0.1, 0.15) is 18.4 Å². The Morgan fingerprint density at radius 1 is 1.31 bits per heavy atom. The number of aliphatic hydroxyl groups excluding tert-OH is 1. The average Bonchev–Trinajstić information content (AvgIpc) is 3.34. The van der Waals surface area contributed by atoms with Gasteiger partial charge in [-0.25, -0.2) is 8.78 Å². The van der Waals surface area contributed by atoms with Gasteiger partial charge in [0.25, 0.3) is 16.4 Å². The molecule has 9 nitrogen and oxygen atoms in total. The molecule has 1 aromatic carbocycles. The van der Waals surface area contributed by atoms with Crippen LogP contribution in [0.15, 0.2) is 63.3 Å². The Labute approximate surface area is 183 Å². The molecule has 1 amide bonds. The molecule has 1 aliphatic heterocycles. The molecule has 172 valence electrons. The number of hydrogen-bond acceptors (Lipinski definition) is 6. The van der Waals surface area contributed by atoms with E-state index in [1.165, 1.54) is 11.8 Å². The van der Waals surface area contributed by atoms with Crippen LogP contribution in [-0.2, 0) is 21.4 Å².